The Kier molecular flexibility index (Phi) is 6.88. The zero-order valence-corrected chi connectivity index (χ0v) is 14.8. The van der Waals surface area contributed by atoms with Gasteiger partial charge in [0.05, 0.1) is 33.1 Å². The van der Waals surface area contributed by atoms with Gasteiger partial charge < -0.3 is 25.3 Å². The lowest BCUT2D eigenvalue weighted by Crippen LogP contribution is -2.23. The molecule has 7 heteroatoms. The molecule has 0 fully saturated rings. The molecule has 1 aromatic heterocycles. The van der Waals surface area contributed by atoms with Gasteiger partial charge >= 0.3 is 0 Å². The first-order valence-corrected chi connectivity index (χ1v) is 8.03. The van der Waals surface area contributed by atoms with E-state index in [9.17, 15) is 0 Å². The minimum absolute atomic E-state index is 0.261. The van der Waals surface area contributed by atoms with Gasteiger partial charge in [0.2, 0.25) is 5.88 Å². The van der Waals surface area contributed by atoms with E-state index >= 15 is 0 Å². The fraction of sp³-hybridized carbons (Fsp3) is 0.333. The van der Waals surface area contributed by atoms with E-state index in [1.807, 2.05) is 25.1 Å². The first-order valence-electron chi connectivity index (χ1n) is 8.03. The number of ether oxygens (including phenoxy) is 3. The van der Waals surface area contributed by atoms with Crippen LogP contribution in [0.4, 0.5) is 5.69 Å². The van der Waals surface area contributed by atoms with Crippen molar-refractivity contribution >= 4 is 11.6 Å². The van der Waals surface area contributed by atoms with Crippen molar-refractivity contribution in [3.8, 4) is 17.4 Å². The molecule has 0 aliphatic rings. The van der Waals surface area contributed by atoms with Gasteiger partial charge in [-0.1, -0.05) is 13.0 Å². The first-order chi connectivity index (χ1) is 12.2. The van der Waals surface area contributed by atoms with E-state index in [1.54, 1.807) is 32.5 Å². The van der Waals surface area contributed by atoms with Crippen molar-refractivity contribution in [2.24, 2.45) is 10.7 Å². The highest BCUT2D eigenvalue weighted by molar-refractivity contribution is 5.94. The topological polar surface area (TPSA) is 91.0 Å². The van der Waals surface area contributed by atoms with E-state index in [-0.39, 0.29) is 5.96 Å². The molecule has 134 valence electrons. The minimum atomic E-state index is 0.261. The number of aliphatic imine (C=N–C) groups is 1. The third-order valence-corrected chi connectivity index (χ3v) is 3.38. The molecule has 1 aromatic carbocycles. The summed E-state index contributed by atoms with van der Waals surface area (Å²) in [5, 5.41) is 3.03. The van der Waals surface area contributed by atoms with E-state index in [0.717, 1.165) is 12.0 Å². The van der Waals surface area contributed by atoms with Crippen molar-refractivity contribution in [2.45, 2.75) is 19.9 Å². The molecule has 0 aliphatic carbocycles. The van der Waals surface area contributed by atoms with Crippen molar-refractivity contribution in [1.82, 2.24) is 4.98 Å². The fourth-order valence-corrected chi connectivity index (χ4v) is 2.13. The Morgan fingerprint density at radius 3 is 2.80 bits per heavy atom. The first kappa shape index (κ1) is 18.4. The maximum atomic E-state index is 6.00. The average molecular weight is 344 g/mol. The van der Waals surface area contributed by atoms with Crippen LogP contribution in [0.15, 0.2) is 41.5 Å². The lowest BCUT2D eigenvalue weighted by molar-refractivity contribution is 0.302. The van der Waals surface area contributed by atoms with Crippen molar-refractivity contribution < 1.29 is 14.2 Å². The van der Waals surface area contributed by atoms with Crippen LogP contribution in [0.2, 0.25) is 0 Å². The van der Waals surface area contributed by atoms with Crippen molar-refractivity contribution in [3.63, 3.8) is 0 Å². The molecule has 0 aliphatic heterocycles. The molecule has 3 N–H and O–H groups in total. The van der Waals surface area contributed by atoms with E-state index in [0.29, 0.717) is 36.2 Å². The number of rotatable bonds is 8. The number of guanidine groups is 1. The average Bonchev–Trinajstić information content (AvgIpc) is 2.65. The summed E-state index contributed by atoms with van der Waals surface area (Å²) >= 11 is 0. The summed E-state index contributed by atoms with van der Waals surface area (Å²) in [4.78, 5) is 8.60. The molecule has 25 heavy (non-hydrogen) atoms. The SMILES string of the molecule is CCCOc1ncccc1CN=C(N)Nc1cc(OC)ccc1OC. The quantitative estimate of drug-likeness (QED) is 0.565. The highest BCUT2D eigenvalue weighted by Crippen LogP contribution is 2.28. The zero-order chi connectivity index (χ0) is 18.1. The van der Waals surface area contributed by atoms with Crippen LogP contribution in [-0.4, -0.2) is 31.8 Å². The summed E-state index contributed by atoms with van der Waals surface area (Å²) < 4.78 is 16.2. The number of aromatic nitrogens is 1. The summed E-state index contributed by atoms with van der Waals surface area (Å²) in [5.74, 6) is 2.18. The summed E-state index contributed by atoms with van der Waals surface area (Å²) in [6, 6.07) is 9.16. The number of anilines is 1. The van der Waals surface area contributed by atoms with Crippen molar-refractivity contribution in [3.05, 3.63) is 42.1 Å². The molecule has 0 unspecified atom stereocenters. The van der Waals surface area contributed by atoms with Crippen LogP contribution in [-0.2, 0) is 6.54 Å². The number of methoxy groups -OCH3 is 2. The maximum Gasteiger partial charge on any atom is 0.218 e. The van der Waals surface area contributed by atoms with Gasteiger partial charge in [0.25, 0.3) is 0 Å². The largest absolute Gasteiger partial charge is 0.497 e. The van der Waals surface area contributed by atoms with Crippen LogP contribution in [0.5, 0.6) is 17.4 Å². The van der Waals surface area contributed by atoms with Gasteiger partial charge in [0.15, 0.2) is 5.96 Å². The Morgan fingerprint density at radius 2 is 2.08 bits per heavy atom. The Balaban J connectivity index is 2.10. The molecular formula is C18H24N4O3. The van der Waals surface area contributed by atoms with E-state index < -0.39 is 0 Å². The van der Waals surface area contributed by atoms with E-state index in [1.165, 1.54) is 0 Å². The number of pyridine rings is 1. The molecule has 0 amide bonds. The van der Waals surface area contributed by atoms with Crippen LogP contribution >= 0.6 is 0 Å². The van der Waals surface area contributed by atoms with Crippen LogP contribution in [0, 0.1) is 0 Å². The Hall–Kier alpha value is -2.96. The second-order valence-corrected chi connectivity index (χ2v) is 5.21. The normalized spacial score (nSPS) is 11.1. The lowest BCUT2D eigenvalue weighted by Gasteiger charge is -2.12. The predicted octanol–water partition coefficient (Wildman–Crippen LogP) is 2.81. The lowest BCUT2D eigenvalue weighted by atomic mass is 10.2. The van der Waals surface area contributed by atoms with Gasteiger partial charge in [-0.05, 0) is 24.6 Å². The third kappa shape index (κ3) is 5.27. The number of hydrogen-bond donors (Lipinski definition) is 2. The highest BCUT2D eigenvalue weighted by atomic mass is 16.5. The van der Waals surface area contributed by atoms with Crippen LogP contribution in [0.3, 0.4) is 0 Å². The molecule has 0 atom stereocenters. The number of nitrogens with one attached hydrogen (secondary N) is 1. The number of benzene rings is 1. The monoisotopic (exact) mass is 344 g/mol. The number of nitrogens with two attached hydrogens (primary N) is 1. The summed E-state index contributed by atoms with van der Waals surface area (Å²) in [6.07, 6.45) is 2.61. The molecule has 0 saturated heterocycles. The third-order valence-electron chi connectivity index (χ3n) is 3.38. The van der Waals surface area contributed by atoms with Gasteiger partial charge in [0, 0.05) is 17.8 Å². The predicted molar refractivity (Wildman–Crippen MR) is 98.5 cm³/mol. The maximum absolute atomic E-state index is 6.00. The molecule has 7 nitrogen and oxygen atoms in total. The second-order valence-electron chi connectivity index (χ2n) is 5.21. The van der Waals surface area contributed by atoms with Gasteiger partial charge in [-0.3, -0.25) is 0 Å². The summed E-state index contributed by atoms with van der Waals surface area (Å²) in [5.41, 5.74) is 7.55. The number of nitrogens with zero attached hydrogens (tertiary/aromatic N) is 2. The molecule has 1 heterocycles. The fourth-order valence-electron chi connectivity index (χ4n) is 2.13. The van der Waals surface area contributed by atoms with E-state index in [2.05, 4.69) is 15.3 Å². The number of hydrogen-bond acceptors (Lipinski definition) is 5. The van der Waals surface area contributed by atoms with Gasteiger partial charge in [-0.2, -0.15) is 0 Å². The van der Waals surface area contributed by atoms with Crippen LogP contribution in [0.25, 0.3) is 0 Å². The second kappa shape index (κ2) is 9.36. The Morgan fingerprint density at radius 1 is 1.24 bits per heavy atom. The Bertz CT molecular complexity index is 719. The zero-order valence-electron chi connectivity index (χ0n) is 14.8. The molecule has 2 rings (SSSR count). The highest BCUT2D eigenvalue weighted by Gasteiger charge is 2.07. The summed E-state index contributed by atoms with van der Waals surface area (Å²) in [6.45, 7) is 3.02. The Labute approximate surface area is 147 Å². The van der Waals surface area contributed by atoms with Crippen molar-refractivity contribution in [1.29, 1.82) is 0 Å². The molecule has 0 spiro atoms. The molecular weight excluding hydrogens is 320 g/mol. The molecule has 0 saturated carbocycles. The minimum Gasteiger partial charge on any atom is -0.497 e. The molecule has 2 aromatic rings. The smallest absolute Gasteiger partial charge is 0.218 e. The molecule has 0 radical (unpaired) electrons. The van der Waals surface area contributed by atoms with Crippen molar-refractivity contribution in [2.75, 3.05) is 26.1 Å². The standard InChI is InChI=1S/C18H24N4O3/c1-4-10-25-17-13(6-5-9-20-17)12-21-18(19)22-15-11-14(23-2)7-8-16(15)24-3/h5-9,11H,4,10,12H2,1-3H3,(H3,19,21,22). The van der Waals surface area contributed by atoms with Gasteiger partial charge in [-0.15, -0.1) is 0 Å². The summed E-state index contributed by atoms with van der Waals surface area (Å²) in [7, 11) is 3.19. The van der Waals surface area contributed by atoms with Gasteiger partial charge in [0.1, 0.15) is 11.5 Å². The van der Waals surface area contributed by atoms with Crippen LogP contribution < -0.4 is 25.3 Å². The molecule has 0 bridgehead atoms. The van der Waals surface area contributed by atoms with Crippen LogP contribution in [0.1, 0.15) is 18.9 Å². The van der Waals surface area contributed by atoms with Gasteiger partial charge in [-0.25, -0.2) is 9.98 Å². The van der Waals surface area contributed by atoms with E-state index in [4.69, 9.17) is 19.9 Å².